The maximum Gasteiger partial charge on any atom is 0.216 e. The highest BCUT2D eigenvalue weighted by atomic mass is 32.2. The van der Waals surface area contributed by atoms with E-state index in [2.05, 4.69) is 44.8 Å². The van der Waals surface area contributed by atoms with Crippen molar-refractivity contribution in [3.63, 3.8) is 0 Å². The van der Waals surface area contributed by atoms with Gasteiger partial charge in [-0.1, -0.05) is 19.9 Å². The first kappa shape index (κ1) is 13.7. The van der Waals surface area contributed by atoms with E-state index < -0.39 is 0 Å². The Morgan fingerprint density at radius 3 is 3.00 bits per heavy atom. The minimum Gasteiger partial charge on any atom is -0.215 e. The number of thiophene rings is 1. The highest BCUT2D eigenvalue weighted by molar-refractivity contribution is 8.00. The molecule has 3 heterocycles. The molecular formula is C11H12N6S3. The summed E-state index contributed by atoms with van der Waals surface area (Å²) in [6.07, 6.45) is 0. The molecule has 104 valence electrons. The van der Waals surface area contributed by atoms with Crippen molar-refractivity contribution >= 4 is 34.6 Å². The van der Waals surface area contributed by atoms with E-state index in [1.807, 2.05) is 11.4 Å². The van der Waals surface area contributed by atoms with Gasteiger partial charge in [0, 0.05) is 10.8 Å². The second kappa shape index (κ2) is 5.98. The molecule has 0 aliphatic heterocycles. The van der Waals surface area contributed by atoms with Crippen LogP contribution >= 0.6 is 34.6 Å². The molecule has 0 fully saturated rings. The van der Waals surface area contributed by atoms with Gasteiger partial charge in [-0.2, -0.15) is 4.37 Å². The molecule has 6 nitrogen and oxygen atoms in total. The smallest absolute Gasteiger partial charge is 0.215 e. The van der Waals surface area contributed by atoms with Crippen molar-refractivity contribution in [1.82, 2.24) is 29.6 Å². The van der Waals surface area contributed by atoms with Crippen LogP contribution in [0.15, 0.2) is 27.0 Å². The predicted octanol–water partition coefficient (Wildman–Crippen LogP) is 2.91. The average molecular weight is 324 g/mol. The van der Waals surface area contributed by atoms with Crippen LogP contribution in [0.4, 0.5) is 0 Å². The lowest BCUT2D eigenvalue weighted by molar-refractivity contribution is 0.608. The molecule has 0 N–H and O–H groups in total. The van der Waals surface area contributed by atoms with Gasteiger partial charge in [-0.25, -0.2) is 9.67 Å². The molecule has 0 radical (unpaired) electrons. The normalized spacial score (nSPS) is 11.3. The van der Waals surface area contributed by atoms with Crippen molar-refractivity contribution < 1.29 is 0 Å². The lowest BCUT2D eigenvalue weighted by Crippen LogP contribution is -2.02. The summed E-state index contributed by atoms with van der Waals surface area (Å²) in [7, 11) is 0. The second-order valence-corrected chi connectivity index (χ2v) is 7.37. The van der Waals surface area contributed by atoms with Gasteiger partial charge in [-0.05, 0) is 45.2 Å². The van der Waals surface area contributed by atoms with Crippen LogP contribution in [0.1, 0.15) is 30.5 Å². The third kappa shape index (κ3) is 3.05. The average Bonchev–Trinajstić information content (AvgIpc) is 3.13. The van der Waals surface area contributed by atoms with Gasteiger partial charge in [0.2, 0.25) is 5.16 Å². The predicted molar refractivity (Wildman–Crippen MR) is 79.4 cm³/mol. The van der Waals surface area contributed by atoms with Gasteiger partial charge in [0.25, 0.3) is 0 Å². The van der Waals surface area contributed by atoms with Gasteiger partial charge >= 0.3 is 0 Å². The van der Waals surface area contributed by atoms with E-state index in [1.165, 1.54) is 28.2 Å². The number of hydrogen-bond acceptors (Lipinski definition) is 8. The Hall–Kier alpha value is -1.32. The fourth-order valence-electron chi connectivity index (χ4n) is 1.49. The first-order chi connectivity index (χ1) is 9.72. The molecule has 9 heteroatoms. The molecule has 0 aliphatic carbocycles. The zero-order chi connectivity index (χ0) is 13.9. The molecule has 3 rings (SSSR count). The minimum absolute atomic E-state index is 0.336. The maximum atomic E-state index is 4.49. The van der Waals surface area contributed by atoms with E-state index in [0.717, 1.165) is 15.3 Å². The molecule has 0 atom stereocenters. The van der Waals surface area contributed by atoms with Crippen LogP contribution in [0.25, 0.3) is 0 Å². The van der Waals surface area contributed by atoms with Gasteiger partial charge in [0.05, 0.1) is 6.54 Å². The molecule has 0 aliphatic rings. The molecule has 0 spiro atoms. The van der Waals surface area contributed by atoms with E-state index >= 15 is 0 Å². The summed E-state index contributed by atoms with van der Waals surface area (Å²) in [5, 5.41) is 14.6. The van der Waals surface area contributed by atoms with Gasteiger partial charge in [0.1, 0.15) is 5.82 Å². The fraction of sp³-hybridized carbons (Fsp3) is 0.364. The molecule has 0 amide bonds. The van der Waals surface area contributed by atoms with E-state index in [0.29, 0.717) is 12.5 Å². The number of tetrazole rings is 1. The largest absolute Gasteiger partial charge is 0.216 e. The Balaban J connectivity index is 1.75. The van der Waals surface area contributed by atoms with Crippen LogP contribution in [0.5, 0.6) is 0 Å². The molecule has 0 unspecified atom stereocenters. The van der Waals surface area contributed by atoms with Crippen LogP contribution in [0.3, 0.4) is 0 Å². The lowest BCUT2D eigenvalue weighted by atomic mass is 10.2. The van der Waals surface area contributed by atoms with Crippen molar-refractivity contribution in [2.45, 2.75) is 35.8 Å². The van der Waals surface area contributed by atoms with Crippen LogP contribution in [0, 0.1) is 0 Å². The fourth-order valence-corrected chi connectivity index (χ4v) is 3.80. The summed E-state index contributed by atoms with van der Waals surface area (Å²) in [5.74, 6) is 1.21. The summed E-state index contributed by atoms with van der Waals surface area (Å²) in [6, 6.07) is 4.10. The quantitative estimate of drug-likeness (QED) is 0.719. The van der Waals surface area contributed by atoms with Crippen molar-refractivity contribution in [2.75, 3.05) is 0 Å². The minimum atomic E-state index is 0.336. The summed E-state index contributed by atoms with van der Waals surface area (Å²) >= 11 is 4.54. The van der Waals surface area contributed by atoms with Crippen LogP contribution < -0.4 is 0 Å². The molecule has 3 aromatic rings. The van der Waals surface area contributed by atoms with Crippen LogP contribution in [-0.2, 0) is 6.54 Å². The number of nitrogens with zero attached hydrogens (tertiary/aromatic N) is 6. The Labute approximate surface area is 128 Å². The Morgan fingerprint density at radius 2 is 2.30 bits per heavy atom. The SMILES string of the molecule is CC(C)c1nsc(Sc2nnnn2Cc2cccs2)n1. The summed E-state index contributed by atoms with van der Waals surface area (Å²) in [6.45, 7) is 4.84. The van der Waals surface area contributed by atoms with E-state index in [4.69, 9.17) is 0 Å². The zero-order valence-corrected chi connectivity index (χ0v) is 13.4. The Morgan fingerprint density at radius 1 is 1.40 bits per heavy atom. The Bertz CT molecular complexity index is 672. The highest BCUT2D eigenvalue weighted by Gasteiger charge is 2.14. The van der Waals surface area contributed by atoms with Gasteiger partial charge in [-0.3, -0.25) is 0 Å². The molecular weight excluding hydrogens is 312 g/mol. The molecule has 0 aromatic carbocycles. The van der Waals surface area contributed by atoms with Gasteiger partial charge < -0.3 is 0 Å². The van der Waals surface area contributed by atoms with Gasteiger partial charge in [-0.15, -0.1) is 16.4 Å². The van der Waals surface area contributed by atoms with E-state index in [1.54, 1.807) is 16.0 Å². The third-order valence-electron chi connectivity index (χ3n) is 2.50. The molecule has 0 saturated carbocycles. The van der Waals surface area contributed by atoms with Crippen molar-refractivity contribution in [2.24, 2.45) is 0 Å². The molecule has 3 aromatic heterocycles. The summed E-state index contributed by atoms with van der Waals surface area (Å²) in [4.78, 5) is 5.71. The Kier molecular flexibility index (Phi) is 4.08. The van der Waals surface area contributed by atoms with Crippen molar-refractivity contribution in [1.29, 1.82) is 0 Å². The maximum absolute atomic E-state index is 4.49. The van der Waals surface area contributed by atoms with Crippen LogP contribution in [0.2, 0.25) is 0 Å². The molecule has 0 saturated heterocycles. The zero-order valence-electron chi connectivity index (χ0n) is 10.9. The molecule has 0 bridgehead atoms. The monoisotopic (exact) mass is 324 g/mol. The standard InChI is InChI=1S/C11H12N6S3/c1-7(2)9-12-11(20-14-9)19-10-13-15-16-17(10)6-8-4-3-5-18-8/h3-5,7H,6H2,1-2H3. The first-order valence-corrected chi connectivity index (χ1v) is 8.49. The molecule has 20 heavy (non-hydrogen) atoms. The van der Waals surface area contributed by atoms with Crippen molar-refractivity contribution in [3.05, 3.63) is 28.2 Å². The summed E-state index contributed by atoms with van der Waals surface area (Å²) < 4.78 is 6.99. The second-order valence-electron chi connectivity index (χ2n) is 4.37. The first-order valence-electron chi connectivity index (χ1n) is 6.02. The highest BCUT2D eigenvalue weighted by Crippen LogP contribution is 2.28. The summed E-state index contributed by atoms with van der Waals surface area (Å²) in [5.41, 5.74) is 0. The van der Waals surface area contributed by atoms with Crippen LogP contribution in [-0.4, -0.2) is 29.6 Å². The van der Waals surface area contributed by atoms with Crippen molar-refractivity contribution in [3.8, 4) is 0 Å². The van der Waals surface area contributed by atoms with Gasteiger partial charge in [0.15, 0.2) is 4.34 Å². The number of rotatable bonds is 5. The van der Waals surface area contributed by atoms with E-state index in [-0.39, 0.29) is 0 Å². The van der Waals surface area contributed by atoms with E-state index in [9.17, 15) is 0 Å². The third-order valence-corrected chi connectivity index (χ3v) is 5.10. The lowest BCUT2D eigenvalue weighted by Gasteiger charge is -2.00. The number of hydrogen-bond donors (Lipinski definition) is 0. The topological polar surface area (TPSA) is 69.4 Å². The number of aromatic nitrogens is 6.